The van der Waals surface area contributed by atoms with E-state index >= 15 is 0 Å². The molecule has 30 heavy (non-hydrogen) atoms. The van der Waals surface area contributed by atoms with Gasteiger partial charge in [-0.1, -0.05) is 30.3 Å². The van der Waals surface area contributed by atoms with Crippen molar-refractivity contribution in [1.82, 2.24) is 9.55 Å². The predicted octanol–water partition coefficient (Wildman–Crippen LogP) is 2.61. The SMILES string of the molecule is O=CN(CC(=O)O)c1c(O)c2sc3ncccc3c2n(CCc2ccccc2)c1=O. The van der Waals surface area contributed by atoms with E-state index in [-0.39, 0.29) is 18.6 Å². The highest BCUT2D eigenvalue weighted by atomic mass is 32.1. The van der Waals surface area contributed by atoms with Gasteiger partial charge in [0.2, 0.25) is 6.41 Å². The monoisotopic (exact) mass is 423 g/mol. The molecule has 0 spiro atoms. The molecule has 0 bridgehead atoms. The topological polar surface area (TPSA) is 113 Å². The number of anilines is 1. The van der Waals surface area contributed by atoms with Gasteiger partial charge in [-0.15, -0.1) is 11.3 Å². The van der Waals surface area contributed by atoms with E-state index in [1.165, 1.54) is 15.9 Å². The smallest absolute Gasteiger partial charge is 0.323 e. The number of fused-ring (bicyclic) bond motifs is 3. The number of rotatable bonds is 7. The standard InChI is InChI=1S/C21H17N3O5S/c25-12-23(11-15(26)27)17-18(28)19-16(14-7-4-9-22-20(14)30-19)24(21(17)29)10-8-13-5-2-1-3-6-13/h1-7,9,12,28H,8,10-11H2,(H,26,27). The number of amides is 1. The third kappa shape index (κ3) is 3.39. The lowest BCUT2D eigenvalue weighted by molar-refractivity contribution is -0.136. The van der Waals surface area contributed by atoms with Gasteiger partial charge in [0.25, 0.3) is 5.56 Å². The summed E-state index contributed by atoms with van der Waals surface area (Å²) in [7, 11) is 0. The van der Waals surface area contributed by atoms with Gasteiger partial charge in [0.15, 0.2) is 11.4 Å². The molecule has 9 heteroatoms. The molecule has 8 nitrogen and oxygen atoms in total. The van der Waals surface area contributed by atoms with E-state index in [2.05, 4.69) is 4.98 Å². The average molecular weight is 423 g/mol. The predicted molar refractivity (Wildman–Crippen MR) is 114 cm³/mol. The van der Waals surface area contributed by atoms with E-state index < -0.39 is 23.8 Å². The zero-order valence-corrected chi connectivity index (χ0v) is 16.5. The van der Waals surface area contributed by atoms with Crippen LogP contribution in [0.5, 0.6) is 5.75 Å². The van der Waals surface area contributed by atoms with Crippen LogP contribution in [0, 0.1) is 0 Å². The zero-order valence-electron chi connectivity index (χ0n) is 15.7. The summed E-state index contributed by atoms with van der Waals surface area (Å²) in [6, 6.07) is 13.2. The number of carboxylic acids is 1. The fraction of sp³-hybridized carbons (Fsp3) is 0.143. The second-order valence-corrected chi connectivity index (χ2v) is 7.65. The molecule has 4 rings (SSSR count). The number of thiophene rings is 1. The van der Waals surface area contributed by atoms with Crippen LogP contribution in [0.25, 0.3) is 20.4 Å². The number of aromatic nitrogens is 2. The molecule has 0 atom stereocenters. The first-order chi connectivity index (χ1) is 14.5. The Morgan fingerprint density at radius 1 is 1.20 bits per heavy atom. The van der Waals surface area contributed by atoms with Gasteiger partial charge in [-0.3, -0.25) is 19.3 Å². The molecule has 0 aliphatic rings. The van der Waals surface area contributed by atoms with Crippen LogP contribution in [-0.4, -0.2) is 38.7 Å². The van der Waals surface area contributed by atoms with E-state index in [4.69, 9.17) is 5.11 Å². The van der Waals surface area contributed by atoms with Crippen LogP contribution in [0.1, 0.15) is 5.56 Å². The number of hydrogen-bond acceptors (Lipinski definition) is 6. The van der Waals surface area contributed by atoms with Crippen LogP contribution in [0.15, 0.2) is 53.5 Å². The Labute approximate surface area is 174 Å². The number of aliphatic carboxylic acids is 1. The van der Waals surface area contributed by atoms with Crippen molar-refractivity contribution in [3.8, 4) is 5.75 Å². The van der Waals surface area contributed by atoms with Gasteiger partial charge >= 0.3 is 5.97 Å². The Balaban J connectivity index is 1.97. The molecular weight excluding hydrogens is 406 g/mol. The van der Waals surface area contributed by atoms with Crippen LogP contribution in [-0.2, 0) is 22.6 Å². The van der Waals surface area contributed by atoms with Gasteiger partial charge in [0, 0.05) is 18.1 Å². The van der Waals surface area contributed by atoms with Crippen LogP contribution in [0.4, 0.5) is 5.69 Å². The molecule has 2 N–H and O–H groups in total. The summed E-state index contributed by atoms with van der Waals surface area (Å²) >= 11 is 1.18. The van der Waals surface area contributed by atoms with E-state index in [1.807, 2.05) is 36.4 Å². The van der Waals surface area contributed by atoms with Crippen molar-refractivity contribution in [2.75, 3.05) is 11.4 Å². The third-order valence-electron chi connectivity index (χ3n) is 4.78. The number of carbonyl (C=O) groups is 2. The summed E-state index contributed by atoms with van der Waals surface area (Å²) in [6.45, 7) is -0.452. The number of benzene rings is 1. The molecule has 1 amide bonds. The highest BCUT2D eigenvalue weighted by Gasteiger charge is 2.25. The Morgan fingerprint density at radius 2 is 1.97 bits per heavy atom. The normalized spacial score (nSPS) is 11.1. The summed E-state index contributed by atoms with van der Waals surface area (Å²) < 4.78 is 1.86. The van der Waals surface area contributed by atoms with Crippen LogP contribution >= 0.6 is 11.3 Å². The number of carbonyl (C=O) groups excluding carboxylic acids is 1. The van der Waals surface area contributed by atoms with Gasteiger partial charge < -0.3 is 14.8 Å². The van der Waals surface area contributed by atoms with Crippen molar-refractivity contribution in [1.29, 1.82) is 0 Å². The molecule has 0 fully saturated rings. The molecule has 0 aliphatic heterocycles. The number of pyridine rings is 2. The lowest BCUT2D eigenvalue weighted by atomic mass is 10.1. The maximum atomic E-state index is 13.3. The molecule has 0 radical (unpaired) electrons. The Morgan fingerprint density at radius 3 is 2.67 bits per heavy atom. The molecule has 0 saturated heterocycles. The highest BCUT2D eigenvalue weighted by Crippen LogP contribution is 2.40. The fourth-order valence-corrected chi connectivity index (χ4v) is 4.55. The number of aryl methyl sites for hydroxylation is 2. The summed E-state index contributed by atoms with van der Waals surface area (Å²) in [5, 5.41) is 20.6. The van der Waals surface area contributed by atoms with Crippen molar-refractivity contribution in [2.45, 2.75) is 13.0 Å². The number of carboxylic acid groups (broad SMARTS) is 1. The Bertz CT molecular complexity index is 1310. The largest absolute Gasteiger partial charge is 0.504 e. The van der Waals surface area contributed by atoms with Crippen LogP contribution < -0.4 is 10.5 Å². The van der Waals surface area contributed by atoms with Gasteiger partial charge in [0.05, 0.1) is 10.2 Å². The second kappa shape index (κ2) is 7.96. The van der Waals surface area contributed by atoms with Crippen molar-refractivity contribution in [3.63, 3.8) is 0 Å². The third-order valence-corrected chi connectivity index (χ3v) is 5.89. The molecular formula is C21H17N3O5S. The van der Waals surface area contributed by atoms with Crippen LogP contribution in [0.2, 0.25) is 0 Å². The molecule has 3 heterocycles. The Kier molecular flexibility index (Phi) is 5.20. The lowest BCUT2D eigenvalue weighted by Gasteiger charge is -2.19. The van der Waals surface area contributed by atoms with Crippen molar-refractivity contribution >= 4 is 49.8 Å². The molecule has 0 unspecified atom stereocenters. The summed E-state index contributed by atoms with van der Waals surface area (Å²) in [5.74, 6) is -1.71. The molecule has 4 aromatic rings. The summed E-state index contributed by atoms with van der Waals surface area (Å²) in [6.07, 6.45) is 2.39. The van der Waals surface area contributed by atoms with E-state index in [9.17, 15) is 19.5 Å². The first kappa shape index (κ1) is 19.6. The van der Waals surface area contributed by atoms with Crippen molar-refractivity contribution in [3.05, 3.63) is 64.6 Å². The average Bonchev–Trinajstić information content (AvgIpc) is 3.13. The Hall–Kier alpha value is -3.72. The fourth-order valence-electron chi connectivity index (χ4n) is 3.46. The summed E-state index contributed by atoms with van der Waals surface area (Å²) in [5.41, 5.74) is 0.557. The quantitative estimate of drug-likeness (QED) is 0.442. The zero-order chi connectivity index (χ0) is 21.3. The number of aromatic hydroxyl groups is 1. The number of nitrogens with zero attached hydrogens (tertiary/aromatic N) is 3. The van der Waals surface area contributed by atoms with E-state index in [1.54, 1.807) is 12.3 Å². The van der Waals surface area contributed by atoms with Gasteiger partial charge in [-0.05, 0) is 24.1 Å². The van der Waals surface area contributed by atoms with Gasteiger partial charge in [0.1, 0.15) is 11.4 Å². The number of hydrogen-bond donors (Lipinski definition) is 2. The summed E-state index contributed by atoms with van der Waals surface area (Å²) in [4.78, 5) is 41.7. The van der Waals surface area contributed by atoms with Crippen LogP contribution in [0.3, 0.4) is 0 Å². The minimum Gasteiger partial charge on any atom is -0.504 e. The molecule has 152 valence electrons. The maximum absolute atomic E-state index is 13.3. The van der Waals surface area contributed by atoms with E-state index in [0.717, 1.165) is 10.5 Å². The first-order valence-electron chi connectivity index (χ1n) is 9.12. The molecule has 1 aromatic carbocycles. The van der Waals surface area contributed by atoms with Crippen molar-refractivity contribution < 1.29 is 19.8 Å². The van der Waals surface area contributed by atoms with Crippen molar-refractivity contribution in [2.24, 2.45) is 0 Å². The molecule has 0 saturated carbocycles. The molecule has 0 aliphatic carbocycles. The minimum absolute atomic E-state index is 0.240. The minimum atomic E-state index is -1.30. The maximum Gasteiger partial charge on any atom is 0.323 e. The lowest BCUT2D eigenvalue weighted by Crippen LogP contribution is -2.35. The van der Waals surface area contributed by atoms with Gasteiger partial charge in [-0.25, -0.2) is 4.98 Å². The molecule has 3 aromatic heterocycles. The first-order valence-corrected chi connectivity index (χ1v) is 9.93. The van der Waals surface area contributed by atoms with E-state index in [0.29, 0.717) is 26.9 Å². The second-order valence-electron chi connectivity index (χ2n) is 6.65. The highest BCUT2D eigenvalue weighted by molar-refractivity contribution is 7.25. The van der Waals surface area contributed by atoms with Gasteiger partial charge in [-0.2, -0.15) is 0 Å².